The first-order valence-electron chi connectivity index (χ1n) is 7.98. The van der Waals surface area contributed by atoms with Crippen molar-refractivity contribution in [3.05, 3.63) is 51.6 Å². The fraction of sp³-hybridized carbons (Fsp3) is 0.333. The van der Waals surface area contributed by atoms with Gasteiger partial charge in [0.15, 0.2) is 0 Å². The van der Waals surface area contributed by atoms with Crippen LogP contribution >= 0.6 is 0 Å². The van der Waals surface area contributed by atoms with E-state index in [1.165, 1.54) is 13.3 Å². The van der Waals surface area contributed by atoms with E-state index >= 15 is 0 Å². The molecule has 0 saturated heterocycles. The van der Waals surface area contributed by atoms with Gasteiger partial charge < -0.3 is 9.64 Å². The Morgan fingerprint density at radius 1 is 1.36 bits per heavy atom. The Morgan fingerprint density at radius 2 is 2.08 bits per heavy atom. The van der Waals surface area contributed by atoms with E-state index in [0.29, 0.717) is 23.2 Å². The van der Waals surface area contributed by atoms with Gasteiger partial charge in [0.1, 0.15) is 0 Å². The van der Waals surface area contributed by atoms with Crippen molar-refractivity contribution in [2.45, 2.75) is 26.7 Å². The monoisotopic (exact) mass is 342 g/mol. The summed E-state index contributed by atoms with van der Waals surface area (Å²) in [5.74, 6) is 0.145. The van der Waals surface area contributed by atoms with Gasteiger partial charge in [0.2, 0.25) is 11.8 Å². The Hall–Kier alpha value is -2.96. The minimum Gasteiger partial charge on any atom is -0.482 e. The number of amides is 1. The molecule has 2 aromatic rings. The zero-order chi connectivity index (χ0) is 18.6. The van der Waals surface area contributed by atoms with Gasteiger partial charge in [-0.3, -0.25) is 15.2 Å². The van der Waals surface area contributed by atoms with Crippen molar-refractivity contribution >= 4 is 17.3 Å². The molecule has 0 aliphatic heterocycles. The van der Waals surface area contributed by atoms with Gasteiger partial charge in [-0.15, -0.1) is 0 Å². The molecule has 2 rings (SSSR count). The Bertz CT molecular complexity index is 858. The first-order chi connectivity index (χ1) is 11.9. The van der Waals surface area contributed by atoms with Crippen LogP contribution in [0.2, 0.25) is 0 Å². The number of carbonyl (C=O) groups excluding carboxylic acids is 1. The minimum absolute atomic E-state index is 0.0213. The van der Waals surface area contributed by atoms with Crippen LogP contribution in [0.3, 0.4) is 0 Å². The Morgan fingerprint density at radius 3 is 2.72 bits per heavy atom. The third kappa shape index (κ3) is 3.93. The molecule has 0 aliphatic rings. The predicted octanol–water partition coefficient (Wildman–Crippen LogP) is 2.27. The first kappa shape index (κ1) is 18.4. The summed E-state index contributed by atoms with van der Waals surface area (Å²) in [7, 11) is 3.11. The maximum Gasteiger partial charge on any atom is 0.347 e. The van der Waals surface area contributed by atoms with Crippen LogP contribution < -0.4 is 15.3 Å². The van der Waals surface area contributed by atoms with E-state index < -0.39 is 5.69 Å². The second-order valence-electron chi connectivity index (χ2n) is 5.73. The van der Waals surface area contributed by atoms with Crippen LogP contribution in [0, 0.1) is 12.3 Å². The van der Waals surface area contributed by atoms with Gasteiger partial charge in [0.05, 0.1) is 24.1 Å². The van der Waals surface area contributed by atoms with E-state index in [9.17, 15) is 9.59 Å². The summed E-state index contributed by atoms with van der Waals surface area (Å²) in [6.45, 7) is 3.86. The molecular formula is C18H22N4O3. The van der Waals surface area contributed by atoms with Gasteiger partial charge in [-0.2, -0.15) is 0 Å². The number of rotatable bonds is 6. The summed E-state index contributed by atoms with van der Waals surface area (Å²) in [4.78, 5) is 31.4. The van der Waals surface area contributed by atoms with Crippen molar-refractivity contribution in [3.8, 4) is 5.88 Å². The van der Waals surface area contributed by atoms with Crippen molar-refractivity contribution < 1.29 is 9.53 Å². The van der Waals surface area contributed by atoms with Crippen molar-refractivity contribution in [1.29, 1.82) is 5.41 Å². The number of hydrogen-bond acceptors (Lipinski definition) is 5. The highest BCUT2D eigenvalue weighted by Gasteiger charge is 2.20. The summed E-state index contributed by atoms with van der Waals surface area (Å²) < 4.78 is 5.17. The number of nitrogens with one attached hydrogen (secondary N) is 2. The lowest BCUT2D eigenvalue weighted by Gasteiger charge is -2.22. The highest BCUT2D eigenvalue weighted by atomic mass is 16.5. The van der Waals surface area contributed by atoms with Crippen LogP contribution in [0.4, 0.5) is 5.69 Å². The molecule has 1 aromatic carbocycles. The third-order valence-electron chi connectivity index (χ3n) is 3.87. The minimum atomic E-state index is -0.548. The fourth-order valence-corrected chi connectivity index (χ4v) is 2.52. The van der Waals surface area contributed by atoms with Gasteiger partial charge in [-0.25, -0.2) is 9.78 Å². The Balaban J connectivity index is 2.55. The van der Waals surface area contributed by atoms with Crippen molar-refractivity contribution in [1.82, 2.24) is 9.97 Å². The third-order valence-corrected chi connectivity index (χ3v) is 3.87. The predicted molar refractivity (Wildman–Crippen MR) is 96.8 cm³/mol. The lowest BCUT2D eigenvalue weighted by molar-refractivity contribution is -0.118. The highest BCUT2D eigenvalue weighted by Crippen LogP contribution is 2.26. The largest absolute Gasteiger partial charge is 0.482 e. The molecule has 0 unspecified atom stereocenters. The summed E-state index contributed by atoms with van der Waals surface area (Å²) in [6.07, 6.45) is 2.49. The van der Waals surface area contributed by atoms with E-state index in [2.05, 4.69) is 9.97 Å². The molecular weight excluding hydrogens is 320 g/mol. The molecule has 0 spiro atoms. The van der Waals surface area contributed by atoms with Crippen LogP contribution in [0.1, 0.15) is 36.5 Å². The first-order valence-corrected chi connectivity index (χ1v) is 7.98. The Labute approximate surface area is 146 Å². The van der Waals surface area contributed by atoms with E-state index in [4.69, 9.17) is 10.1 Å². The number of anilines is 1. The smallest absolute Gasteiger partial charge is 0.347 e. The van der Waals surface area contributed by atoms with Crippen LogP contribution in [-0.2, 0) is 4.79 Å². The molecule has 0 saturated carbocycles. The average molecular weight is 342 g/mol. The molecule has 132 valence electrons. The van der Waals surface area contributed by atoms with E-state index in [0.717, 1.165) is 12.0 Å². The number of hydrogen-bond donors (Lipinski definition) is 2. The maximum atomic E-state index is 12.3. The number of aromatic amines is 1. The SMILES string of the molecule is CCCC(=O)N(C)c1ccc(C)cc1C(=N)c1cnc(=O)[nH]c1OC. The molecule has 0 radical (unpaired) electrons. The standard InChI is InChI=1S/C18H22N4O3/c1-5-6-15(23)22(3)14-8-7-11(2)9-12(14)16(19)13-10-20-18(24)21-17(13)25-4/h7-10,19H,5-6H2,1-4H3,(H,20,21,24). The van der Waals surface area contributed by atoms with E-state index in [1.54, 1.807) is 11.9 Å². The fourth-order valence-electron chi connectivity index (χ4n) is 2.52. The second-order valence-corrected chi connectivity index (χ2v) is 5.73. The molecule has 0 aliphatic carbocycles. The van der Waals surface area contributed by atoms with Gasteiger partial charge in [-0.05, 0) is 25.5 Å². The normalized spacial score (nSPS) is 10.4. The van der Waals surface area contributed by atoms with Gasteiger partial charge >= 0.3 is 5.69 Å². The highest BCUT2D eigenvalue weighted by molar-refractivity contribution is 6.16. The molecule has 7 heteroatoms. The van der Waals surface area contributed by atoms with Crippen LogP contribution in [0.5, 0.6) is 5.88 Å². The number of nitrogens with zero attached hydrogens (tertiary/aromatic N) is 2. The number of aryl methyl sites for hydroxylation is 1. The summed E-state index contributed by atoms with van der Waals surface area (Å²) >= 11 is 0. The second kappa shape index (κ2) is 7.74. The number of carbonyl (C=O) groups is 1. The maximum absolute atomic E-state index is 12.3. The van der Waals surface area contributed by atoms with Crippen molar-refractivity contribution in [2.75, 3.05) is 19.1 Å². The lowest BCUT2D eigenvalue weighted by atomic mass is 9.99. The molecule has 0 fully saturated rings. The molecule has 1 amide bonds. The summed E-state index contributed by atoms with van der Waals surface area (Å²) in [5, 5.41) is 8.58. The zero-order valence-corrected chi connectivity index (χ0v) is 14.8. The van der Waals surface area contributed by atoms with Crippen molar-refractivity contribution in [2.24, 2.45) is 0 Å². The topological polar surface area (TPSA) is 99.1 Å². The molecule has 1 aromatic heterocycles. The van der Waals surface area contributed by atoms with Crippen LogP contribution in [0.15, 0.2) is 29.2 Å². The van der Waals surface area contributed by atoms with Crippen LogP contribution in [-0.4, -0.2) is 35.7 Å². The zero-order valence-electron chi connectivity index (χ0n) is 14.8. The van der Waals surface area contributed by atoms with Crippen molar-refractivity contribution in [3.63, 3.8) is 0 Å². The lowest BCUT2D eigenvalue weighted by Crippen LogP contribution is -2.28. The van der Waals surface area contributed by atoms with E-state index in [-0.39, 0.29) is 17.5 Å². The molecule has 2 N–H and O–H groups in total. The number of ether oxygens (including phenoxy) is 1. The number of benzene rings is 1. The Kier molecular flexibility index (Phi) is 5.69. The quantitative estimate of drug-likeness (QED) is 0.787. The number of methoxy groups -OCH3 is 1. The molecule has 0 bridgehead atoms. The molecule has 25 heavy (non-hydrogen) atoms. The molecule has 1 heterocycles. The molecule has 7 nitrogen and oxygen atoms in total. The van der Waals surface area contributed by atoms with Gasteiger partial charge in [0.25, 0.3) is 0 Å². The van der Waals surface area contributed by atoms with Gasteiger partial charge in [0, 0.05) is 25.2 Å². The molecule has 0 atom stereocenters. The summed E-state index contributed by atoms with van der Waals surface area (Å²) in [6, 6.07) is 5.54. The number of H-pyrrole nitrogens is 1. The number of aromatic nitrogens is 2. The van der Waals surface area contributed by atoms with Crippen LogP contribution in [0.25, 0.3) is 0 Å². The average Bonchev–Trinajstić information content (AvgIpc) is 2.60. The van der Waals surface area contributed by atoms with Gasteiger partial charge in [-0.1, -0.05) is 18.6 Å². The van der Waals surface area contributed by atoms with E-state index in [1.807, 2.05) is 32.0 Å². The summed E-state index contributed by atoms with van der Waals surface area (Å²) in [5.41, 5.74) is 2.08.